The Labute approximate surface area is 165 Å². The van der Waals surface area contributed by atoms with Crippen LogP contribution in [0.3, 0.4) is 0 Å². The van der Waals surface area contributed by atoms with Gasteiger partial charge in [0.05, 0.1) is 6.57 Å². The number of aromatic amines is 1. The summed E-state index contributed by atoms with van der Waals surface area (Å²) in [6.07, 6.45) is 0.524. The molecule has 0 atom stereocenters. The number of ether oxygens (including phenoxy) is 2. The van der Waals surface area contributed by atoms with Gasteiger partial charge in [-0.2, -0.15) is 9.49 Å². The molecule has 0 aliphatic rings. The van der Waals surface area contributed by atoms with E-state index in [0.717, 1.165) is 0 Å². The van der Waals surface area contributed by atoms with Crippen LogP contribution >= 0.6 is 11.6 Å². The first-order valence-electron chi connectivity index (χ1n) is 8.33. The van der Waals surface area contributed by atoms with Crippen LogP contribution in [0.15, 0.2) is 35.1 Å². The summed E-state index contributed by atoms with van der Waals surface area (Å²) in [5, 5.41) is 6.42. The summed E-state index contributed by atoms with van der Waals surface area (Å²) in [4.78, 5) is 14.7. The molecule has 0 amide bonds. The molecule has 1 heterocycles. The molecule has 0 unspecified atom stereocenters. The maximum absolute atomic E-state index is 15.1. The van der Waals surface area contributed by atoms with Gasteiger partial charge in [0.1, 0.15) is 12.4 Å². The lowest BCUT2D eigenvalue weighted by molar-refractivity contribution is 0.272. The molecule has 28 heavy (non-hydrogen) atoms. The molecule has 0 saturated carbocycles. The smallest absolute Gasteiger partial charge is 0.343 e. The number of H-pyrrole nitrogens is 1. The number of nitrogens with zero attached hydrogens (tertiary/aromatic N) is 3. The minimum absolute atomic E-state index is 0.00545. The maximum atomic E-state index is 15.1. The van der Waals surface area contributed by atoms with E-state index in [2.05, 4.69) is 15.0 Å². The molecule has 0 fully saturated rings. The Balaban J connectivity index is 1.91. The molecule has 7 nitrogen and oxygen atoms in total. The van der Waals surface area contributed by atoms with Gasteiger partial charge in [0.25, 0.3) is 0 Å². The third-order valence-electron chi connectivity index (χ3n) is 4.06. The van der Waals surface area contributed by atoms with E-state index in [1.807, 2.05) is 6.92 Å². The number of hydrogen-bond donors (Lipinski definition) is 1. The van der Waals surface area contributed by atoms with Crippen LogP contribution in [-0.2, 0) is 20.1 Å². The van der Waals surface area contributed by atoms with Crippen molar-refractivity contribution in [3.63, 3.8) is 0 Å². The van der Waals surface area contributed by atoms with Gasteiger partial charge in [0.2, 0.25) is 5.82 Å². The topological polar surface area (TPSA) is 73.5 Å². The van der Waals surface area contributed by atoms with E-state index < -0.39 is 5.82 Å². The average molecular weight is 403 g/mol. The zero-order valence-electron chi connectivity index (χ0n) is 15.1. The van der Waals surface area contributed by atoms with Gasteiger partial charge in [-0.05, 0) is 36.2 Å². The Bertz CT molecular complexity index is 1120. The van der Waals surface area contributed by atoms with Crippen LogP contribution in [0.5, 0.6) is 17.2 Å². The van der Waals surface area contributed by atoms with Crippen LogP contribution < -0.4 is 15.2 Å². The number of aryl methyl sites for hydroxylation is 1. The first-order chi connectivity index (χ1) is 13.4. The number of nitrogens with one attached hydrogen (secondary N) is 1. The Morgan fingerprint density at radius 1 is 1.36 bits per heavy atom. The van der Waals surface area contributed by atoms with E-state index >= 15 is 4.39 Å². The van der Waals surface area contributed by atoms with E-state index in [1.54, 1.807) is 6.07 Å². The predicted octanol–water partition coefficient (Wildman–Crippen LogP) is 4.39. The molecule has 0 bridgehead atoms. The molecule has 0 radical (unpaired) electrons. The lowest BCUT2D eigenvalue weighted by Gasteiger charge is -2.15. The van der Waals surface area contributed by atoms with Crippen LogP contribution in [0.1, 0.15) is 18.3 Å². The largest absolute Gasteiger partial charge is 0.482 e. The van der Waals surface area contributed by atoms with Crippen LogP contribution in [0.4, 0.5) is 10.1 Å². The molecule has 0 aliphatic carbocycles. The highest BCUT2D eigenvalue weighted by Gasteiger charge is 2.18. The first-order valence-corrected chi connectivity index (χ1v) is 8.71. The summed E-state index contributed by atoms with van der Waals surface area (Å²) >= 11 is 5.99. The van der Waals surface area contributed by atoms with Crippen LogP contribution in [0.2, 0.25) is 5.02 Å². The number of rotatable bonds is 6. The van der Waals surface area contributed by atoms with Crippen molar-refractivity contribution in [3.05, 3.63) is 74.5 Å². The highest BCUT2D eigenvalue weighted by Crippen LogP contribution is 2.36. The molecule has 3 rings (SSSR count). The van der Waals surface area contributed by atoms with Crippen molar-refractivity contribution in [3.8, 4) is 17.2 Å². The number of benzene rings is 2. The zero-order chi connectivity index (χ0) is 20.3. The minimum atomic E-state index is -0.691. The zero-order valence-corrected chi connectivity index (χ0v) is 15.9. The molecule has 0 saturated heterocycles. The van der Waals surface area contributed by atoms with Gasteiger partial charge in [-0.25, -0.2) is 14.7 Å². The van der Waals surface area contributed by atoms with Gasteiger partial charge < -0.3 is 9.47 Å². The van der Waals surface area contributed by atoms with Crippen LogP contribution in [0.25, 0.3) is 4.85 Å². The molecule has 1 N–H and O–H groups in total. The van der Waals surface area contributed by atoms with Crippen molar-refractivity contribution in [2.75, 3.05) is 0 Å². The van der Waals surface area contributed by atoms with Crippen molar-refractivity contribution in [1.82, 2.24) is 14.8 Å². The molecule has 0 aliphatic heterocycles. The van der Waals surface area contributed by atoms with Crippen molar-refractivity contribution < 1.29 is 13.9 Å². The third kappa shape index (κ3) is 4.00. The molecular weight excluding hydrogens is 387 g/mol. The molecule has 144 valence electrons. The summed E-state index contributed by atoms with van der Waals surface area (Å²) in [6, 6.07) is 7.66. The van der Waals surface area contributed by atoms with Crippen molar-refractivity contribution in [2.24, 2.45) is 7.05 Å². The van der Waals surface area contributed by atoms with E-state index in [-0.39, 0.29) is 35.2 Å². The molecule has 3 aromatic rings. The predicted molar refractivity (Wildman–Crippen MR) is 102 cm³/mol. The molecule has 1 aromatic heterocycles. The molecular formula is C19H16ClFN4O3. The van der Waals surface area contributed by atoms with Crippen LogP contribution in [-0.4, -0.2) is 14.8 Å². The molecule has 2 aromatic carbocycles. The SMILES string of the molecule is [C-]#[N+]c1cc(Cl)cc(Oc2c(CC)ccc(OCc3n[nH]c(=O)n3C)c2F)c1. The number of halogens is 2. The summed E-state index contributed by atoms with van der Waals surface area (Å²) in [5.74, 6) is -0.171. The average Bonchev–Trinajstić information content (AvgIpc) is 3.00. The lowest BCUT2D eigenvalue weighted by atomic mass is 10.1. The highest BCUT2D eigenvalue weighted by atomic mass is 35.5. The molecule has 0 spiro atoms. The van der Waals surface area contributed by atoms with Crippen molar-refractivity contribution in [1.29, 1.82) is 0 Å². The second kappa shape index (κ2) is 8.15. The fourth-order valence-electron chi connectivity index (χ4n) is 2.52. The lowest BCUT2D eigenvalue weighted by Crippen LogP contribution is -2.15. The Hall–Kier alpha value is -3.31. The van der Waals surface area contributed by atoms with Gasteiger partial charge >= 0.3 is 5.69 Å². The van der Waals surface area contributed by atoms with Gasteiger partial charge in [-0.15, -0.1) is 0 Å². The minimum Gasteiger partial charge on any atom is -0.482 e. The van der Waals surface area contributed by atoms with Crippen molar-refractivity contribution in [2.45, 2.75) is 20.0 Å². The van der Waals surface area contributed by atoms with Crippen molar-refractivity contribution >= 4 is 17.3 Å². The van der Waals surface area contributed by atoms with E-state index in [0.29, 0.717) is 22.8 Å². The fraction of sp³-hybridized carbons (Fsp3) is 0.211. The first kappa shape index (κ1) is 19.5. The van der Waals surface area contributed by atoms with Gasteiger partial charge in [-0.1, -0.05) is 24.6 Å². The summed E-state index contributed by atoms with van der Waals surface area (Å²) in [7, 11) is 1.53. The van der Waals surface area contributed by atoms with Crippen LogP contribution in [0, 0.1) is 12.4 Å². The summed E-state index contributed by atoms with van der Waals surface area (Å²) < 4.78 is 27.5. The van der Waals surface area contributed by atoms with E-state index in [4.69, 9.17) is 27.6 Å². The standard InChI is InChI=1S/C19H16ClFN4O3/c1-4-11-5-6-15(27-10-16-23-24-19(26)25(16)3)17(21)18(11)28-14-8-12(20)7-13(9-14)22-2/h5-9H,4,10H2,1,3H3,(H,24,26). The third-order valence-corrected chi connectivity index (χ3v) is 4.28. The maximum Gasteiger partial charge on any atom is 0.343 e. The fourth-order valence-corrected chi connectivity index (χ4v) is 2.74. The van der Waals surface area contributed by atoms with Gasteiger partial charge in [0.15, 0.2) is 23.0 Å². The Kier molecular flexibility index (Phi) is 5.66. The Morgan fingerprint density at radius 2 is 2.14 bits per heavy atom. The monoisotopic (exact) mass is 402 g/mol. The summed E-state index contributed by atoms with van der Waals surface area (Å²) in [6.45, 7) is 8.88. The van der Waals surface area contributed by atoms with Gasteiger partial charge in [-0.3, -0.25) is 4.57 Å². The number of aromatic nitrogens is 3. The summed E-state index contributed by atoms with van der Waals surface area (Å²) in [5.41, 5.74) is 0.523. The highest BCUT2D eigenvalue weighted by molar-refractivity contribution is 6.31. The quantitative estimate of drug-likeness (QED) is 0.621. The number of hydrogen-bond acceptors (Lipinski definition) is 4. The Morgan fingerprint density at radius 3 is 2.79 bits per heavy atom. The second-order valence-corrected chi connectivity index (χ2v) is 6.31. The van der Waals surface area contributed by atoms with E-state index in [9.17, 15) is 4.79 Å². The van der Waals surface area contributed by atoms with E-state index in [1.165, 1.54) is 35.9 Å². The molecule has 9 heteroatoms. The normalized spacial score (nSPS) is 10.5. The second-order valence-electron chi connectivity index (χ2n) is 5.87. The van der Waals surface area contributed by atoms with Gasteiger partial charge in [0, 0.05) is 12.1 Å².